The number of nitrogens with one attached hydrogen (secondary N) is 3. The summed E-state index contributed by atoms with van der Waals surface area (Å²) in [5, 5.41) is 7.14. The third kappa shape index (κ3) is 4.51. The summed E-state index contributed by atoms with van der Waals surface area (Å²) in [6.07, 6.45) is 0.479. The van der Waals surface area contributed by atoms with Crippen LogP contribution in [-0.4, -0.2) is 54.6 Å². The Hall–Kier alpha value is -3.30. The molecule has 6 amide bonds. The molecule has 0 bridgehead atoms. The van der Waals surface area contributed by atoms with Crippen molar-refractivity contribution in [1.29, 1.82) is 0 Å². The maximum absolute atomic E-state index is 12.2. The van der Waals surface area contributed by atoms with Crippen molar-refractivity contribution < 1.29 is 28.7 Å². The fraction of sp³-hybridized carbons (Fsp3) is 0.444. The van der Waals surface area contributed by atoms with Gasteiger partial charge >= 0.3 is 12.1 Å². The van der Waals surface area contributed by atoms with Crippen LogP contribution in [0.1, 0.15) is 20.3 Å². The molecule has 1 aromatic rings. The first-order chi connectivity index (χ1) is 13.3. The molecule has 0 spiro atoms. The molecule has 0 saturated carbocycles. The second-order valence-electron chi connectivity index (χ2n) is 6.92. The monoisotopic (exact) mass is 390 g/mol. The fourth-order valence-electron chi connectivity index (χ4n) is 2.95. The molecule has 2 aliphatic rings. The average Bonchev–Trinajstić information content (AvgIpc) is 2.88. The quantitative estimate of drug-likeness (QED) is 0.646. The molecule has 1 atom stereocenters. The van der Waals surface area contributed by atoms with Crippen molar-refractivity contribution in [3.63, 3.8) is 0 Å². The van der Waals surface area contributed by atoms with Crippen molar-refractivity contribution in [3.05, 3.63) is 18.2 Å². The minimum atomic E-state index is -0.785. The van der Waals surface area contributed by atoms with Crippen LogP contribution in [0.3, 0.4) is 0 Å². The standard InChI is InChI=1S/C18H22N4O6/c1-10(2)7-12-16(24)22(18(26)20-12)9-15(23)21-17(25)19-11-3-4-13-14(8-11)28-6-5-27-13/h3-4,8,10,12H,5-7,9H2,1-2H3,(H,20,26)(H2,19,21,23,25)/t12-/m0/s1. The normalized spacial score (nSPS) is 18.1. The van der Waals surface area contributed by atoms with E-state index in [1.165, 1.54) is 0 Å². The Morgan fingerprint density at radius 2 is 1.93 bits per heavy atom. The van der Waals surface area contributed by atoms with Gasteiger partial charge in [-0.25, -0.2) is 9.59 Å². The number of benzene rings is 1. The third-order valence-electron chi connectivity index (χ3n) is 4.17. The minimum Gasteiger partial charge on any atom is -0.486 e. The summed E-state index contributed by atoms with van der Waals surface area (Å²) in [6.45, 7) is 4.18. The number of anilines is 1. The minimum absolute atomic E-state index is 0.208. The van der Waals surface area contributed by atoms with E-state index >= 15 is 0 Å². The molecule has 2 heterocycles. The van der Waals surface area contributed by atoms with Gasteiger partial charge in [-0.3, -0.25) is 19.8 Å². The van der Waals surface area contributed by atoms with E-state index < -0.39 is 36.5 Å². The highest BCUT2D eigenvalue weighted by molar-refractivity contribution is 6.08. The van der Waals surface area contributed by atoms with Gasteiger partial charge in [0.1, 0.15) is 25.8 Å². The van der Waals surface area contributed by atoms with Crippen LogP contribution >= 0.6 is 0 Å². The zero-order chi connectivity index (χ0) is 20.3. The van der Waals surface area contributed by atoms with Gasteiger partial charge in [-0.05, 0) is 24.5 Å². The van der Waals surface area contributed by atoms with Crippen LogP contribution in [0.2, 0.25) is 0 Å². The Labute approximate surface area is 161 Å². The molecule has 0 radical (unpaired) electrons. The van der Waals surface area contributed by atoms with Crippen molar-refractivity contribution >= 4 is 29.6 Å². The van der Waals surface area contributed by atoms with Crippen LogP contribution < -0.4 is 25.4 Å². The number of rotatable bonds is 5. The summed E-state index contributed by atoms with van der Waals surface area (Å²) in [4.78, 5) is 49.0. The highest BCUT2D eigenvalue weighted by atomic mass is 16.6. The number of nitrogens with zero attached hydrogens (tertiary/aromatic N) is 1. The second-order valence-corrected chi connectivity index (χ2v) is 6.92. The smallest absolute Gasteiger partial charge is 0.325 e. The van der Waals surface area contributed by atoms with Crippen LogP contribution in [0.15, 0.2) is 18.2 Å². The van der Waals surface area contributed by atoms with E-state index in [-0.39, 0.29) is 5.92 Å². The molecular weight excluding hydrogens is 368 g/mol. The molecule has 0 aromatic heterocycles. The lowest BCUT2D eigenvalue weighted by atomic mass is 10.0. The van der Waals surface area contributed by atoms with Gasteiger partial charge in [0.15, 0.2) is 11.5 Å². The Bertz CT molecular complexity index is 809. The van der Waals surface area contributed by atoms with Crippen LogP contribution in [0.5, 0.6) is 11.5 Å². The van der Waals surface area contributed by atoms with Gasteiger partial charge in [0.05, 0.1) is 0 Å². The van der Waals surface area contributed by atoms with Gasteiger partial charge in [-0.1, -0.05) is 13.8 Å². The summed E-state index contributed by atoms with van der Waals surface area (Å²) >= 11 is 0. The molecule has 1 fully saturated rings. The van der Waals surface area contributed by atoms with Crippen LogP contribution in [0.4, 0.5) is 15.3 Å². The van der Waals surface area contributed by atoms with Gasteiger partial charge in [-0.15, -0.1) is 0 Å². The molecule has 3 rings (SSSR count). The van der Waals surface area contributed by atoms with Crippen LogP contribution in [0, 0.1) is 5.92 Å². The molecule has 10 nitrogen and oxygen atoms in total. The molecular formula is C18H22N4O6. The van der Waals surface area contributed by atoms with Crippen molar-refractivity contribution in [3.8, 4) is 11.5 Å². The Kier molecular flexibility index (Phi) is 5.67. The number of hydrogen-bond acceptors (Lipinski definition) is 6. The molecule has 28 heavy (non-hydrogen) atoms. The first-order valence-electron chi connectivity index (χ1n) is 8.96. The molecule has 10 heteroatoms. The number of imide groups is 2. The van der Waals surface area contributed by atoms with E-state index in [4.69, 9.17) is 9.47 Å². The largest absolute Gasteiger partial charge is 0.486 e. The lowest BCUT2D eigenvalue weighted by molar-refractivity contribution is -0.132. The molecule has 1 aromatic carbocycles. The summed E-state index contributed by atoms with van der Waals surface area (Å²) < 4.78 is 10.8. The zero-order valence-electron chi connectivity index (χ0n) is 15.6. The van der Waals surface area contributed by atoms with Gasteiger partial charge in [-0.2, -0.15) is 0 Å². The fourth-order valence-corrected chi connectivity index (χ4v) is 2.95. The van der Waals surface area contributed by atoms with Crippen LogP contribution in [-0.2, 0) is 9.59 Å². The Morgan fingerprint density at radius 1 is 1.21 bits per heavy atom. The van der Waals surface area contributed by atoms with Crippen LogP contribution in [0.25, 0.3) is 0 Å². The SMILES string of the molecule is CC(C)C[C@@H]1NC(=O)N(CC(=O)NC(=O)Nc2ccc3c(c2)OCCO3)C1=O. The molecule has 3 N–H and O–H groups in total. The topological polar surface area (TPSA) is 126 Å². The summed E-state index contributed by atoms with van der Waals surface area (Å²) in [5.41, 5.74) is 0.404. The summed E-state index contributed by atoms with van der Waals surface area (Å²) in [7, 11) is 0. The highest BCUT2D eigenvalue weighted by Gasteiger charge is 2.39. The number of fused-ring (bicyclic) bond motifs is 1. The highest BCUT2D eigenvalue weighted by Crippen LogP contribution is 2.32. The van der Waals surface area contributed by atoms with Gasteiger partial charge in [0, 0.05) is 11.8 Å². The number of carbonyl (C=O) groups is 4. The number of hydrogen-bond donors (Lipinski definition) is 3. The number of carbonyl (C=O) groups excluding carboxylic acids is 4. The first-order valence-corrected chi connectivity index (χ1v) is 8.96. The predicted molar refractivity (Wildman–Crippen MR) is 98.1 cm³/mol. The van der Waals surface area contributed by atoms with Crippen molar-refractivity contribution in [1.82, 2.24) is 15.5 Å². The molecule has 1 saturated heterocycles. The molecule has 2 aliphatic heterocycles. The van der Waals surface area contributed by atoms with E-state index in [0.717, 1.165) is 4.90 Å². The van der Waals surface area contributed by atoms with Crippen molar-refractivity contribution in [2.24, 2.45) is 5.92 Å². The van der Waals surface area contributed by atoms with E-state index in [1.54, 1.807) is 18.2 Å². The van der Waals surface area contributed by atoms with Gasteiger partial charge < -0.3 is 20.1 Å². The number of urea groups is 2. The van der Waals surface area contributed by atoms with E-state index in [9.17, 15) is 19.2 Å². The Balaban J connectivity index is 1.52. The molecule has 0 aliphatic carbocycles. The Morgan fingerprint density at radius 3 is 2.64 bits per heavy atom. The van der Waals surface area contributed by atoms with E-state index in [0.29, 0.717) is 36.8 Å². The second kappa shape index (κ2) is 8.15. The van der Waals surface area contributed by atoms with E-state index in [2.05, 4.69) is 16.0 Å². The molecule has 150 valence electrons. The first kappa shape index (κ1) is 19.5. The summed E-state index contributed by atoms with van der Waals surface area (Å²) in [6, 6.07) is 2.75. The molecule has 0 unspecified atom stereocenters. The third-order valence-corrected chi connectivity index (χ3v) is 4.17. The number of amides is 6. The maximum atomic E-state index is 12.2. The lowest BCUT2D eigenvalue weighted by Crippen LogP contribution is -2.44. The van der Waals surface area contributed by atoms with Crippen molar-refractivity contribution in [2.45, 2.75) is 26.3 Å². The average molecular weight is 390 g/mol. The van der Waals surface area contributed by atoms with Crippen molar-refractivity contribution in [2.75, 3.05) is 25.1 Å². The summed E-state index contributed by atoms with van der Waals surface area (Å²) in [5.74, 6) is 0.0262. The maximum Gasteiger partial charge on any atom is 0.325 e. The van der Waals surface area contributed by atoms with E-state index in [1.807, 2.05) is 13.8 Å². The predicted octanol–water partition coefficient (Wildman–Crippen LogP) is 1.07. The van der Waals surface area contributed by atoms with Gasteiger partial charge in [0.2, 0.25) is 5.91 Å². The lowest BCUT2D eigenvalue weighted by Gasteiger charge is -2.19. The number of ether oxygens (including phenoxy) is 2. The zero-order valence-corrected chi connectivity index (χ0v) is 15.6. The van der Waals surface area contributed by atoms with Gasteiger partial charge in [0.25, 0.3) is 5.91 Å².